The summed E-state index contributed by atoms with van der Waals surface area (Å²) in [5.41, 5.74) is 2.73. The number of anilines is 1. The largest absolute Gasteiger partial charge is 0.488 e. The van der Waals surface area contributed by atoms with Crippen molar-refractivity contribution in [2.24, 2.45) is 0 Å². The molecule has 4 rings (SSSR count). The summed E-state index contributed by atoms with van der Waals surface area (Å²) in [6.07, 6.45) is 1.71. The molecule has 138 valence electrons. The van der Waals surface area contributed by atoms with Crippen LogP contribution in [0.15, 0.2) is 85.1 Å². The van der Waals surface area contributed by atoms with E-state index in [1.165, 1.54) is 12.1 Å². The second-order valence-corrected chi connectivity index (χ2v) is 6.24. The number of fused-ring (bicyclic) bond motifs is 1. The highest BCUT2D eigenvalue weighted by molar-refractivity contribution is 6.10. The Hall–Kier alpha value is -3.73. The maximum Gasteiger partial charge on any atom is 0.259 e. The number of rotatable bonds is 5. The lowest BCUT2D eigenvalue weighted by molar-refractivity contribution is 0.102. The number of benzene rings is 3. The summed E-state index contributed by atoms with van der Waals surface area (Å²) in [7, 11) is 0. The van der Waals surface area contributed by atoms with Crippen molar-refractivity contribution in [3.8, 4) is 5.75 Å². The summed E-state index contributed by atoms with van der Waals surface area (Å²) >= 11 is 0. The highest BCUT2D eigenvalue weighted by atomic mass is 19.1. The van der Waals surface area contributed by atoms with Crippen molar-refractivity contribution in [3.05, 3.63) is 102 Å². The van der Waals surface area contributed by atoms with Crippen molar-refractivity contribution in [3.63, 3.8) is 0 Å². The molecule has 4 nitrogen and oxygen atoms in total. The van der Waals surface area contributed by atoms with Crippen LogP contribution in [-0.2, 0) is 6.61 Å². The second kappa shape index (κ2) is 7.88. The van der Waals surface area contributed by atoms with E-state index < -0.39 is 0 Å². The number of para-hydroxylation sites is 1. The first-order valence-corrected chi connectivity index (χ1v) is 8.82. The number of nitrogens with zero attached hydrogens (tertiary/aromatic N) is 1. The highest BCUT2D eigenvalue weighted by Gasteiger charge is 2.14. The maximum atomic E-state index is 13.0. The fourth-order valence-electron chi connectivity index (χ4n) is 2.92. The van der Waals surface area contributed by atoms with Gasteiger partial charge in [-0.2, -0.15) is 0 Å². The van der Waals surface area contributed by atoms with Gasteiger partial charge in [-0.1, -0.05) is 30.3 Å². The summed E-state index contributed by atoms with van der Waals surface area (Å²) in [5.74, 6) is -0.109. The summed E-state index contributed by atoms with van der Waals surface area (Å²) in [6, 6.07) is 22.4. The number of pyridine rings is 1. The highest BCUT2D eigenvalue weighted by Crippen LogP contribution is 2.25. The van der Waals surface area contributed by atoms with Crippen molar-refractivity contribution in [2.75, 3.05) is 5.32 Å². The van der Waals surface area contributed by atoms with Crippen molar-refractivity contribution >= 4 is 22.5 Å². The molecule has 1 N–H and O–H groups in total. The van der Waals surface area contributed by atoms with Gasteiger partial charge in [0.05, 0.1) is 16.8 Å². The average Bonchev–Trinajstić information content (AvgIpc) is 2.74. The monoisotopic (exact) mass is 372 g/mol. The Morgan fingerprint density at radius 3 is 2.61 bits per heavy atom. The number of nitrogens with one attached hydrogen (secondary N) is 1. The molecule has 0 fully saturated rings. The molecule has 1 aromatic heterocycles. The number of hydrogen-bond acceptors (Lipinski definition) is 3. The van der Waals surface area contributed by atoms with Crippen molar-refractivity contribution in [2.45, 2.75) is 6.61 Å². The molecule has 0 aliphatic heterocycles. The fraction of sp³-hybridized carbons (Fsp3) is 0.0435. The number of hydrogen-bond donors (Lipinski definition) is 1. The molecule has 28 heavy (non-hydrogen) atoms. The SMILES string of the molecule is O=C(Nc1cccc2ncccc12)c1ccccc1OCc1ccc(F)cc1. The fourth-order valence-corrected chi connectivity index (χ4v) is 2.92. The van der Waals surface area contributed by atoms with Gasteiger partial charge in [0.25, 0.3) is 5.91 Å². The van der Waals surface area contributed by atoms with Crippen LogP contribution in [0.3, 0.4) is 0 Å². The molecule has 5 heteroatoms. The van der Waals surface area contributed by atoms with Crippen LogP contribution in [-0.4, -0.2) is 10.9 Å². The van der Waals surface area contributed by atoms with Gasteiger partial charge in [-0.05, 0) is 54.1 Å². The van der Waals surface area contributed by atoms with E-state index in [-0.39, 0.29) is 18.3 Å². The molecule has 0 bridgehead atoms. The molecule has 3 aromatic carbocycles. The molecule has 1 heterocycles. The van der Waals surface area contributed by atoms with E-state index in [0.29, 0.717) is 17.0 Å². The molecule has 1 amide bonds. The van der Waals surface area contributed by atoms with Gasteiger partial charge in [-0.3, -0.25) is 9.78 Å². The molecule has 0 aliphatic rings. The quantitative estimate of drug-likeness (QED) is 0.523. The molecule has 0 unspecified atom stereocenters. The van der Waals surface area contributed by atoms with Crippen molar-refractivity contribution in [1.82, 2.24) is 4.98 Å². The van der Waals surface area contributed by atoms with E-state index in [2.05, 4.69) is 10.3 Å². The van der Waals surface area contributed by atoms with E-state index in [1.54, 1.807) is 42.6 Å². The minimum Gasteiger partial charge on any atom is -0.488 e. The third-order valence-electron chi connectivity index (χ3n) is 4.33. The number of halogens is 1. The number of ether oxygens (including phenoxy) is 1. The zero-order valence-electron chi connectivity index (χ0n) is 14.9. The van der Waals surface area contributed by atoms with Gasteiger partial charge in [0.15, 0.2) is 0 Å². The molecule has 0 saturated carbocycles. The molecular weight excluding hydrogens is 355 g/mol. The summed E-state index contributed by atoms with van der Waals surface area (Å²) < 4.78 is 18.9. The third kappa shape index (κ3) is 3.83. The Bertz CT molecular complexity index is 1120. The first kappa shape index (κ1) is 17.7. The normalized spacial score (nSPS) is 10.6. The lowest BCUT2D eigenvalue weighted by atomic mass is 10.1. The molecule has 0 saturated heterocycles. The number of carbonyl (C=O) groups is 1. The van der Waals surface area contributed by atoms with Gasteiger partial charge in [-0.25, -0.2) is 4.39 Å². The van der Waals surface area contributed by atoms with Gasteiger partial charge in [0.1, 0.15) is 18.2 Å². The van der Waals surface area contributed by atoms with Crippen LogP contribution in [0.2, 0.25) is 0 Å². The van der Waals surface area contributed by atoms with Crippen LogP contribution in [0.4, 0.5) is 10.1 Å². The topological polar surface area (TPSA) is 51.2 Å². The van der Waals surface area contributed by atoms with Crippen LogP contribution >= 0.6 is 0 Å². The summed E-state index contributed by atoms with van der Waals surface area (Å²) in [5, 5.41) is 3.80. The predicted molar refractivity (Wildman–Crippen MR) is 107 cm³/mol. The van der Waals surface area contributed by atoms with Crippen LogP contribution in [0, 0.1) is 5.82 Å². The van der Waals surface area contributed by atoms with Crippen LogP contribution in [0.5, 0.6) is 5.75 Å². The average molecular weight is 372 g/mol. The van der Waals surface area contributed by atoms with Gasteiger partial charge in [0, 0.05) is 11.6 Å². The number of aromatic nitrogens is 1. The lowest BCUT2D eigenvalue weighted by Crippen LogP contribution is -2.14. The van der Waals surface area contributed by atoms with Gasteiger partial charge in [0.2, 0.25) is 0 Å². The smallest absolute Gasteiger partial charge is 0.259 e. The minimum absolute atomic E-state index is 0.239. The van der Waals surface area contributed by atoms with E-state index in [1.807, 2.05) is 30.3 Å². The van der Waals surface area contributed by atoms with E-state index in [0.717, 1.165) is 16.5 Å². The van der Waals surface area contributed by atoms with Crippen molar-refractivity contribution in [1.29, 1.82) is 0 Å². The predicted octanol–water partition coefficient (Wildman–Crippen LogP) is 5.21. The number of amides is 1. The first-order chi connectivity index (χ1) is 13.7. The second-order valence-electron chi connectivity index (χ2n) is 6.24. The summed E-state index contributed by atoms with van der Waals surface area (Å²) in [4.78, 5) is 17.2. The van der Waals surface area contributed by atoms with E-state index in [4.69, 9.17) is 4.74 Å². The molecule has 0 aliphatic carbocycles. The zero-order chi connectivity index (χ0) is 19.3. The molecule has 0 atom stereocenters. The van der Waals surface area contributed by atoms with Crippen molar-refractivity contribution < 1.29 is 13.9 Å². The number of carbonyl (C=O) groups excluding carboxylic acids is 1. The lowest BCUT2D eigenvalue weighted by Gasteiger charge is -2.13. The Kier molecular flexibility index (Phi) is 4.97. The zero-order valence-corrected chi connectivity index (χ0v) is 14.9. The first-order valence-electron chi connectivity index (χ1n) is 8.82. The third-order valence-corrected chi connectivity index (χ3v) is 4.33. The standard InChI is InChI=1S/C23H17FN2O2/c24-17-12-10-16(11-13-17)15-28-22-9-2-1-5-19(22)23(27)26-21-8-3-7-20-18(21)6-4-14-25-20/h1-14H,15H2,(H,26,27). The Morgan fingerprint density at radius 2 is 1.75 bits per heavy atom. The van der Waals surface area contributed by atoms with Gasteiger partial charge in [-0.15, -0.1) is 0 Å². The Labute approximate surface area is 161 Å². The van der Waals surface area contributed by atoms with Crippen LogP contribution in [0.1, 0.15) is 15.9 Å². The van der Waals surface area contributed by atoms with Gasteiger partial charge < -0.3 is 10.1 Å². The maximum absolute atomic E-state index is 13.0. The molecule has 4 aromatic rings. The minimum atomic E-state index is -0.298. The Morgan fingerprint density at radius 1 is 0.929 bits per heavy atom. The summed E-state index contributed by atoms with van der Waals surface area (Å²) in [6.45, 7) is 0.239. The van der Waals surface area contributed by atoms with Crippen LogP contribution < -0.4 is 10.1 Å². The molecule has 0 radical (unpaired) electrons. The Balaban J connectivity index is 1.55. The van der Waals surface area contributed by atoms with Crippen LogP contribution in [0.25, 0.3) is 10.9 Å². The molecule has 0 spiro atoms. The molecular formula is C23H17FN2O2. The van der Waals surface area contributed by atoms with E-state index in [9.17, 15) is 9.18 Å². The van der Waals surface area contributed by atoms with Gasteiger partial charge >= 0.3 is 0 Å². The van der Waals surface area contributed by atoms with E-state index >= 15 is 0 Å².